The first-order valence-electron chi connectivity index (χ1n) is 6.01. The van der Waals surface area contributed by atoms with E-state index in [1.165, 1.54) is 12.8 Å². The molecule has 1 atom stereocenters. The molecule has 1 unspecified atom stereocenters. The lowest BCUT2D eigenvalue weighted by Crippen LogP contribution is -2.22. The van der Waals surface area contributed by atoms with Crippen molar-refractivity contribution in [3.05, 3.63) is 24.9 Å². The van der Waals surface area contributed by atoms with Crippen LogP contribution in [0.5, 0.6) is 0 Å². The summed E-state index contributed by atoms with van der Waals surface area (Å²) in [6.45, 7) is 2.74. The molecule has 0 aromatic carbocycles. The molecule has 0 spiro atoms. The minimum absolute atomic E-state index is 0.597. The number of nitrogens with one attached hydrogen (secondary N) is 1. The average Bonchev–Trinajstić information content (AvgIpc) is 3.00. The molecule has 3 heterocycles. The highest BCUT2D eigenvalue weighted by Gasteiger charge is 2.16. The zero-order valence-electron chi connectivity index (χ0n) is 9.67. The van der Waals surface area contributed by atoms with Crippen LogP contribution in [-0.2, 0) is 11.3 Å². The number of rotatable bonds is 3. The van der Waals surface area contributed by atoms with E-state index >= 15 is 0 Å². The molecule has 5 nitrogen and oxygen atoms in total. The molecule has 5 heteroatoms. The second-order valence-electron chi connectivity index (χ2n) is 4.45. The summed E-state index contributed by atoms with van der Waals surface area (Å²) in [5.74, 6) is 1.55. The SMILES string of the molecule is c1cn(CC2CCCOC2)c(-c2cnc[nH]2)n1. The molecule has 90 valence electrons. The quantitative estimate of drug-likeness (QED) is 0.876. The third-order valence-electron chi connectivity index (χ3n) is 3.16. The van der Waals surface area contributed by atoms with Gasteiger partial charge < -0.3 is 14.3 Å². The van der Waals surface area contributed by atoms with E-state index in [4.69, 9.17) is 4.74 Å². The smallest absolute Gasteiger partial charge is 0.158 e. The maximum atomic E-state index is 5.51. The average molecular weight is 232 g/mol. The van der Waals surface area contributed by atoms with Crippen LogP contribution in [-0.4, -0.2) is 32.7 Å². The Hall–Kier alpha value is -1.62. The molecule has 0 amide bonds. The standard InChI is InChI=1S/C12H16N4O/c1-2-10(8-17-5-1)7-16-4-3-14-12(16)11-6-13-9-15-11/h3-4,6,9-10H,1-2,5,7-8H2,(H,13,15). The Bertz CT molecular complexity index is 457. The fourth-order valence-electron chi connectivity index (χ4n) is 2.31. The maximum absolute atomic E-state index is 5.51. The highest BCUT2D eigenvalue weighted by atomic mass is 16.5. The van der Waals surface area contributed by atoms with Crippen LogP contribution in [0.4, 0.5) is 0 Å². The van der Waals surface area contributed by atoms with Gasteiger partial charge in [-0.15, -0.1) is 0 Å². The van der Waals surface area contributed by atoms with Crippen molar-refractivity contribution in [2.75, 3.05) is 13.2 Å². The molecule has 2 aromatic heterocycles. The van der Waals surface area contributed by atoms with Crippen LogP contribution >= 0.6 is 0 Å². The monoisotopic (exact) mass is 232 g/mol. The van der Waals surface area contributed by atoms with Crippen LogP contribution in [0.25, 0.3) is 11.5 Å². The van der Waals surface area contributed by atoms with Crippen molar-refractivity contribution in [1.29, 1.82) is 0 Å². The highest BCUT2D eigenvalue weighted by molar-refractivity contribution is 5.47. The summed E-state index contributed by atoms with van der Waals surface area (Å²) in [6, 6.07) is 0. The third kappa shape index (κ3) is 2.24. The van der Waals surface area contributed by atoms with Crippen molar-refractivity contribution < 1.29 is 4.74 Å². The fraction of sp³-hybridized carbons (Fsp3) is 0.500. The second-order valence-corrected chi connectivity index (χ2v) is 4.45. The Morgan fingerprint density at radius 3 is 3.29 bits per heavy atom. The fourth-order valence-corrected chi connectivity index (χ4v) is 2.31. The van der Waals surface area contributed by atoms with Gasteiger partial charge in [-0.05, 0) is 12.8 Å². The molecule has 0 bridgehead atoms. The molecule has 3 rings (SSSR count). The molecule has 1 fully saturated rings. The molecule has 1 aliphatic rings. The van der Waals surface area contributed by atoms with Gasteiger partial charge in [0.05, 0.1) is 19.1 Å². The lowest BCUT2D eigenvalue weighted by molar-refractivity contribution is 0.0485. The number of hydrogen-bond acceptors (Lipinski definition) is 3. The van der Waals surface area contributed by atoms with Gasteiger partial charge in [-0.3, -0.25) is 0 Å². The first-order valence-corrected chi connectivity index (χ1v) is 6.01. The molecule has 0 aliphatic carbocycles. The lowest BCUT2D eigenvalue weighted by Gasteiger charge is -2.22. The summed E-state index contributed by atoms with van der Waals surface area (Å²) in [7, 11) is 0. The van der Waals surface area contributed by atoms with Crippen molar-refractivity contribution in [3.8, 4) is 11.5 Å². The lowest BCUT2D eigenvalue weighted by atomic mass is 10.0. The number of hydrogen-bond donors (Lipinski definition) is 1. The highest BCUT2D eigenvalue weighted by Crippen LogP contribution is 2.19. The zero-order valence-corrected chi connectivity index (χ0v) is 9.67. The number of aromatic nitrogens is 4. The summed E-state index contributed by atoms with van der Waals surface area (Å²) >= 11 is 0. The Balaban J connectivity index is 1.77. The maximum Gasteiger partial charge on any atom is 0.158 e. The Morgan fingerprint density at radius 1 is 1.53 bits per heavy atom. The van der Waals surface area contributed by atoms with E-state index in [0.717, 1.165) is 31.3 Å². The number of imidazole rings is 2. The molecule has 17 heavy (non-hydrogen) atoms. The second kappa shape index (κ2) is 4.71. The van der Waals surface area contributed by atoms with Crippen LogP contribution in [0.15, 0.2) is 24.9 Å². The van der Waals surface area contributed by atoms with Crippen LogP contribution in [0.2, 0.25) is 0 Å². The molecular weight excluding hydrogens is 216 g/mol. The van der Waals surface area contributed by atoms with Gasteiger partial charge >= 0.3 is 0 Å². The third-order valence-corrected chi connectivity index (χ3v) is 3.16. The first-order chi connectivity index (χ1) is 8.43. The molecule has 0 radical (unpaired) electrons. The topological polar surface area (TPSA) is 55.7 Å². The van der Waals surface area contributed by atoms with Crippen molar-refractivity contribution in [3.63, 3.8) is 0 Å². The molecular formula is C12H16N4O. The summed E-state index contributed by atoms with van der Waals surface area (Å²) in [5.41, 5.74) is 0.965. The number of ether oxygens (including phenoxy) is 1. The molecule has 2 aromatic rings. The van der Waals surface area contributed by atoms with Crippen LogP contribution in [0.3, 0.4) is 0 Å². The van der Waals surface area contributed by atoms with Crippen LogP contribution in [0, 0.1) is 5.92 Å². The number of H-pyrrole nitrogens is 1. The van der Waals surface area contributed by atoms with Gasteiger partial charge in [0, 0.05) is 31.5 Å². The Labute approximate surface area is 99.9 Å². The van der Waals surface area contributed by atoms with E-state index in [0.29, 0.717) is 5.92 Å². The van der Waals surface area contributed by atoms with Crippen molar-refractivity contribution >= 4 is 0 Å². The molecule has 0 saturated carbocycles. The molecule has 1 N–H and O–H groups in total. The van der Waals surface area contributed by atoms with E-state index < -0.39 is 0 Å². The number of nitrogens with zero attached hydrogens (tertiary/aromatic N) is 3. The van der Waals surface area contributed by atoms with Gasteiger partial charge in [0.25, 0.3) is 0 Å². The minimum atomic E-state index is 0.597. The molecule has 1 saturated heterocycles. The molecule has 1 aliphatic heterocycles. The van der Waals surface area contributed by atoms with Crippen molar-refractivity contribution in [1.82, 2.24) is 19.5 Å². The Kier molecular flexibility index (Phi) is 2.92. The summed E-state index contributed by atoms with van der Waals surface area (Å²) in [4.78, 5) is 11.5. The van der Waals surface area contributed by atoms with E-state index in [2.05, 4.69) is 19.5 Å². The minimum Gasteiger partial charge on any atom is -0.381 e. The Morgan fingerprint density at radius 2 is 2.53 bits per heavy atom. The van der Waals surface area contributed by atoms with Crippen molar-refractivity contribution in [2.24, 2.45) is 5.92 Å². The normalized spacial score (nSPS) is 20.6. The van der Waals surface area contributed by atoms with E-state index in [1.807, 2.05) is 12.4 Å². The zero-order chi connectivity index (χ0) is 11.5. The largest absolute Gasteiger partial charge is 0.381 e. The van der Waals surface area contributed by atoms with Gasteiger partial charge in [0.2, 0.25) is 0 Å². The van der Waals surface area contributed by atoms with Gasteiger partial charge in [-0.1, -0.05) is 0 Å². The summed E-state index contributed by atoms with van der Waals surface area (Å²) < 4.78 is 7.68. The van der Waals surface area contributed by atoms with Gasteiger partial charge in [-0.2, -0.15) is 0 Å². The predicted octanol–water partition coefficient (Wildman–Crippen LogP) is 1.70. The van der Waals surface area contributed by atoms with E-state index in [-0.39, 0.29) is 0 Å². The first kappa shape index (κ1) is 10.5. The van der Waals surface area contributed by atoms with E-state index in [9.17, 15) is 0 Å². The predicted molar refractivity (Wildman–Crippen MR) is 63.4 cm³/mol. The number of aromatic amines is 1. The van der Waals surface area contributed by atoms with Gasteiger partial charge in [-0.25, -0.2) is 9.97 Å². The van der Waals surface area contributed by atoms with Crippen LogP contribution in [0.1, 0.15) is 12.8 Å². The van der Waals surface area contributed by atoms with Crippen LogP contribution < -0.4 is 0 Å². The van der Waals surface area contributed by atoms with Gasteiger partial charge in [0.1, 0.15) is 5.69 Å². The van der Waals surface area contributed by atoms with E-state index in [1.54, 1.807) is 12.5 Å². The summed E-state index contributed by atoms with van der Waals surface area (Å²) in [5, 5.41) is 0. The van der Waals surface area contributed by atoms with Gasteiger partial charge in [0.15, 0.2) is 5.82 Å². The van der Waals surface area contributed by atoms with Crippen molar-refractivity contribution in [2.45, 2.75) is 19.4 Å². The summed E-state index contributed by atoms with van der Waals surface area (Å²) in [6.07, 6.45) is 9.73.